The molecular formula is C17H23N3O3. The van der Waals surface area contributed by atoms with E-state index in [0.717, 1.165) is 6.42 Å². The quantitative estimate of drug-likeness (QED) is 0.698. The third kappa shape index (κ3) is 3.96. The molecule has 2 rings (SSSR count). The zero-order valence-corrected chi connectivity index (χ0v) is 13.5. The molecule has 0 spiro atoms. The largest absolute Gasteiger partial charge is 0.396 e. The van der Waals surface area contributed by atoms with Crippen LogP contribution in [0.1, 0.15) is 33.1 Å². The van der Waals surface area contributed by atoms with Gasteiger partial charge >= 0.3 is 0 Å². The molecule has 0 unspecified atom stereocenters. The molecule has 1 saturated heterocycles. The van der Waals surface area contributed by atoms with Crippen molar-refractivity contribution in [3.8, 4) is 0 Å². The number of nitrogens with one attached hydrogen (secondary N) is 2. The highest BCUT2D eigenvalue weighted by molar-refractivity contribution is 6.20. The molecule has 1 fully saturated rings. The SMILES string of the molecule is CC(C)CCC1(CCO)C(=O)NC(=Nc2ccccc2)NC1=O. The van der Waals surface area contributed by atoms with Crippen molar-refractivity contribution < 1.29 is 14.7 Å². The predicted molar refractivity (Wildman–Crippen MR) is 88.0 cm³/mol. The number of hydrogen-bond acceptors (Lipinski definition) is 4. The molecule has 1 heterocycles. The third-order valence-electron chi connectivity index (χ3n) is 4.02. The van der Waals surface area contributed by atoms with Crippen molar-refractivity contribution in [2.75, 3.05) is 6.61 Å². The summed E-state index contributed by atoms with van der Waals surface area (Å²) < 4.78 is 0. The van der Waals surface area contributed by atoms with E-state index >= 15 is 0 Å². The number of carbonyl (C=O) groups excluding carboxylic acids is 2. The van der Waals surface area contributed by atoms with Crippen LogP contribution in [0.2, 0.25) is 0 Å². The van der Waals surface area contributed by atoms with Gasteiger partial charge in [-0.1, -0.05) is 32.0 Å². The van der Waals surface area contributed by atoms with Crippen molar-refractivity contribution in [2.45, 2.75) is 33.1 Å². The van der Waals surface area contributed by atoms with Crippen molar-refractivity contribution in [1.82, 2.24) is 10.6 Å². The lowest BCUT2D eigenvalue weighted by atomic mass is 9.76. The maximum Gasteiger partial charge on any atom is 0.242 e. The van der Waals surface area contributed by atoms with E-state index in [2.05, 4.69) is 15.6 Å². The summed E-state index contributed by atoms with van der Waals surface area (Å²) in [5, 5.41) is 14.6. The van der Waals surface area contributed by atoms with Crippen LogP contribution in [0.3, 0.4) is 0 Å². The molecule has 6 nitrogen and oxygen atoms in total. The summed E-state index contributed by atoms with van der Waals surface area (Å²) in [5.41, 5.74) is -0.589. The summed E-state index contributed by atoms with van der Waals surface area (Å²) in [6.45, 7) is 3.85. The highest BCUT2D eigenvalue weighted by Gasteiger charge is 2.48. The molecular weight excluding hydrogens is 294 g/mol. The lowest BCUT2D eigenvalue weighted by molar-refractivity contribution is -0.145. The Morgan fingerprint density at radius 1 is 1.09 bits per heavy atom. The van der Waals surface area contributed by atoms with Crippen molar-refractivity contribution in [3.05, 3.63) is 30.3 Å². The van der Waals surface area contributed by atoms with Crippen LogP contribution in [-0.4, -0.2) is 29.5 Å². The minimum Gasteiger partial charge on any atom is -0.396 e. The highest BCUT2D eigenvalue weighted by atomic mass is 16.3. The molecule has 0 bridgehead atoms. The van der Waals surface area contributed by atoms with Crippen LogP contribution >= 0.6 is 0 Å². The highest BCUT2D eigenvalue weighted by Crippen LogP contribution is 2.32. The second-order valence-electron chi connectivity index (χ2n) is 6.19. The van der Waals surface area contributed by atoms with Gasteiger partial charge in [-0.25, -0.2) is 4.99 Å². The van der Waals surface area contributed by atoms with E-state index < -0.39 is 17.2 Å². The zero-order valence-electron chi connectivity index (χ0n) is 13.5. The van der Waals surface area contributed by atoms with Crippen molar-refractivity contribution in [2.24, 2.45) is 16.3 Å². The number of nitrogens with zero attached hydrogens (tertiary/aromatic N) is 1. The predicted octanol–water partition coefficient (Wildman–Crippen LogP) is 1.73. The molecule has 124 valence electrons. The molecule has 6 heteroatoms. The Labute approximate surface area is 136 Å². The zero-order chi connectivity index (χ0) is 16.9. The fraction of sp³-hybridized carbons (Fsp3) is 0.471. The van der Waals surface area contributed by atoms with Gasteiger partial charge in [-0.05, 0) is 37.3 Å². The topological polar surface area (TPSA) is 90.8 Å². The van der Waals surface area contributed by atoms with E-state index in [1.54, 1.807) is 12.1 Å². The van der Waals surface area contributed by atoms with Crippen LogP contribution in [-0.2, 0) is 9.59 Å². The first-order valence-electron chi connectivity index (χ1n) is 7.85. The van der Waals surface area contributed by atoms with Gasteiger partial charge in [-0.2, -0.15) is 0 Å². The molecule has 1 aromatic rings. The monoisotopic (exact) mass is 317 g/mol. The van der Waals surface area contributed by atoms with E-state index in [1.807, 2.05) is 32.0 Å². The smallest absolute Gasteiger partial charge is 0.242 e. The van der Waals surface area contributed by atoms with Crippen LogP contribution < -0.4 is 10.6 Å². The average molecular weight is 317 g/mol. The van der Waals surface area contributed by atoms with Gasteiger partial charge in [0.25, 0.3) is 0 Å². The normalized spacial score (nSPS) is 21.1. The number of hydrogen-bond donors (Lipinski definition) is 3. The number of aliphatic imine (C=N–C) groups is 1. The minimum atomic E-state index is -1.23. The fourth-order valence-electron chi connectivity index (χ4n) is 2.58. The molecule has 23 heavy (non-hydrogen) atoms. The second kappa shape index (κ2) is 7.37. The minimum absolute atomic E-state index is 0.107. The van der Waals surface area contributed by atoms with Crippen molar-refractivity contribution in [1.29, 1.82) is 0 Å². The fourth-order valence-corrected chi connectivity index (χ4v) is 2.58. The Morgan fingerprint density at radius 3 is 2.22 bits per heavy atom. The number of carbonyl (C=O) groups is 2. The van der Waals surface area contributed by atoms with Crippen LogP contribution in [0.5, 0.6) is 0 Å². The van der Waals surface area contributed by atoms with E-state index in [0.29, 0.717) is 18.0 Å². The Balaban J connectivity index is 2.21. The van der Waals surface area contributed by atoms with Gasteiger partial charge in [0.05, 0.1) is 5.69 Å². The summed E-state index contributed by atoms with van der Waals surface area (Å²) in [6.07, 6.45) is 1.24. The van der Waals surface area contributed by atoms with Gasteiger partial charge in [0.2, 0.25) is 17.8 Å². The first-order valence-corrected chi connectivity index (χ1v) is 7.85. The van der Waals surface area contributed by atoms with Crippen molar-refractivity contribution >= 4 is 23.5 Å². The number of amides is 2. The lowest BCUT2D eigenvalue weighted by Gasteiger charge is -2.35. The average Bonchev–Trinajstić information content (AvgIpc) is 2.51. The van der Waals surface area contributed by atoms with E-state index in [9.17, 15) is 14.7 Å². The molecule has 0 aliphatic carbocycles. The maximum atomic E-state index is 12.6. The summed E-state index contributed by atoms with van der Waals surface area (Å²) in [6, 6.07) is 9.06. The molecule has 0 saturated carbocycles. The van der Waals surface area contributed by atoms with Crippen LogP contribution in [0.4, 0.5) is 5.69 Å². The second-order valence-corrected chi connectivity index (χ2v) is 6.19. The first-order chi connectivity index (χ1) is 11.0. The molecule has 0 aromatic heterocycles. The summed E-state index contributed by atoms with van der Waals surface area (Å²) in [7, 11) is 0. The number of rotatable bonds is 6. The number of guanidine groups is 1. The number of benzene rings is 1. The summed E-state index contributed by atoms with van der Waals surface area (Å²) in [5.74, 6) is -0.300. The van der Waals surface area contributed by atoms with Crippen LogP contribution in [0, 0.1) is 11.3 Å². The van der Waals surface area contributed by atoms with Crippen LogP contribution in [0.25, 0.3) is 0 Å². The Morgan fingerprint density at radius 2 is 1.70 bits per heavy atom. The molecule has 1 aliphatic heterocycles. The molecule has 1 aliphatic rings. The Hall–Kier alpha value is -2.21. The summed E-state index contributed by atoms with van der Waals surface area (Å²) >= 11 is 0. The molecule has 0 atom stereocenters. The number of para-hydroxylation sites is 1. The lowest BCUT2D eigenvalue weighted by Crippen LogP contribution is -2.63. The van der Waals surface area contributed by atoms with Gasteiger partial charge in [-0.3, -0.25) is 20.2 Å². The van der Waals surface area contributed by atoms with E-state index in [4.69, 9.17) is 0 Å². The summed E-state index contributed by atoms with van der Waals surface area (Å²) in [4.78, 5) is 29.4. The van der Waals surface area contributed by atoms with Crippen LogP contribution in [0.15, 0.2) is 35.3 Å². The first kappa shape index (κ1) is 17.1. The van der Waals surface area contributed by atoms with Gasteiger partial charge in [-0.15, -0.1) is 0 Å². The molecule has 1 aromatic carbocycles. The van der Waals surface area contributed by atoms with E-state index in [1.165, 1.54) is 0 Å². The number of aliphatic hydroxyl groups excluding tert-OH is 1. The Kier molecular flexibility index (Phi) is 5.50. The van der Waals surface area contributed by atoms with Crippen molar-refractivity contribution in [3.63, 3.8) is 0 Å². The molecule has 3 N–H and O–H groups in total. The van der Waals surface area contributed by atoms with Gasteiger partial charge in [0, 0.05) is 6.61 Å². The standard InChI is InChI=1S/C17H23N3O3/c1-12(2)8-9-17(10-11-21)14(22)19-16(20-15(17)23)18-13-6-4-3-5-7-13/h3-7,12,21H,8-11H2,1-2H3,(H2,18,19,20,22,23). The van der Waals surface area contributed by atoms with E-state index in [-0.39, 0.29) is 19.0 Å². The van der Waals surface area contributed by atoms with Gasteiger partial charge in [0.15, 0.2) is 0 Å². The molecule has 0 radical (unpaired) electrons. The molecule has 2 amide bonds. The maximum absolute atomic E-state index is 12.6. The third-order valence-corrected chi connectivity index (χ3v) is 4.02. The Bertz CT molecular complexity index is 576. The number of aliphatic hydroxyl groups is 1. The van der Waals surface area contributed by atoms with Gasteiger partial charge < -0.3 is 5.11 Å². The van der Waals surface area contributed by atoms with Gasteiger partial charge in [0.1, 0.15) is 5.41 Å².